The second-order valence-corrected chi connectivity index (χ2v) is 7.19. The molecular weight excluding hydrogens is 278 g/mol. The molecule has 4 heteroatoms. The first-order chi connectivity index (χ1) is 10.3. The molecule has 2 heterocycles. The summed E-state index contributed by atoms with van der Waals surface area (Å²) >= 11 is 1.84. The van der Waals surface area contributed by atoms with E-state index in [0.29, 0.717) is 6.04 Å². The molecule has 3 rings (SSSR count). The largest absolute Gasteiger partial charge is 0.327 e. The van der Waals surface area contributed by atoms with Crippen LogP contribution in [0.15, 0.2) is 29.8 Å². The molecule has 0 aromatic carbocycles. The van der Waals surface area contributed by atoms with Gasteiger partial charge in [-0.15, -0.1) is 11.3 Å². The summed E-state index contributed by atoms with van der Waals surface area (Å²) in [4.78, 5) is 1.47. The lowest BCUT2D eigenvalue weighted by atomic mass is 10.1. The molecule has 1 fully saturated rings. The molecule has 1 atom stereocenters. The van der Waals surface area contributed by atoms with Crippen LogP contribution in [0.3, 0.4) is 0 Å². The highest BCUT2D eigenvalue weighted by Crippen LogP contribution is 2.28. The van der Waals surface area contributed by atoms with Crippen molar-refractivity contribution in [3.05, 3.63) is 40.3 Å². The number of aromatic nitrogens is 2. The van der Waals surface area contributed by atoms with E-state index in [0.717, 1.165) is 25.0 Å². The van der Waals surface area contributed by atoms with Gasteiger partial charge >= 0.3 is 0 Å². The fraction of sp³-hybridized carbons (Fsp3) is 0.588. The van der Waals surface area contributed by atoms with Gasteiger partial charge in [-0.05, 0) is 49.6 Å². The van der Waals surface area contributed by atoms with E-state index in [4.69, 9.17) is 10.8 Å². The summed E-state index contributed by atoms with van der Waals surface area (Å²) in [6.07, 6.45) is 11.7. The summed E-state index contributed by atoms with van der Waals surface area (Å²) in [5, 5.41) is 6.87. The molecule has 0 saturated heterocycles. The van der Waals surface area contributed by atoms with Crippen LogP contribution in [0.25, 0.3) is 0 Å². The zero-order valence-corrected chi connectivity index (χ0v) is 13.4. The topological polar surface area (TPSA) is 43.8 Å². The monoisotopic (exact) mass is 303 g/mol. The third kappa shape index (κ3) is 4.17. The van der Waals surface area contributed by atoms with E-state index in [1.807, 2.05) is 11.3 Å². The van der Waals surface area contributed by atoms with Crippen LogP contribution in [0, 0.1) is 0 Å². The van der Waals surface area contributed by atoms with Gasteiger partial charge in [-0.3, -0.25) is 4.68 Å². The Morgan fingerprint density at radius 1 is 1.33 bits per heavy atom. The van der Waals surface area contributed by atoms with Gasteiger partial charge in [0.25, 0.3) is 0 Å². The van der Waals surface area contributed by atoms with Crippen LogP contribution >= 0.6 is 11.3 Å². The smallest absolute Gasteiger partial charge is 0.0640 e. The SMILES string of the molecule is NC(CCCc1cccs1)Cc1ccn(C2CCCC2)n1. The molecule has 3 nitrogen and oxygen atoms in total. The van der Waals surface area contributed by atoms with Gasteiger partial charge in [0.2, 0.25) is 0 Å². The lowest BCUT2D eigenvalue weighted by Gasteiger charge is -2.11. The van der Waals surface area contributed by atoms with Gasteiger partial charge in [-0.1, -0.05) is 18.9 Å². The maximum Gasteiger partial charge on any atom is 0.0640 e. The molecule has 1 aliphatic rings. The van der Waals surface area contributed by atoms with Gasteiger partial charge in [0, 0.05) is 23.5 Å². The van der Waals surface area contributed by atoms with Crippen molar-refractivity contribution in [1.82, 2.24) is 9.78 Å². The molecule has 2 aromatic heterocycles. The quantitative estimate of drug-likeness (QED) is 0.841. The van der Waals surface area contributed by atoms with Crippen LogP contribution < -0.4 is 5.73 Å². The Hall–Kier alpha value is -1.13. The number of aryl methyl sites for hydroxylation is 1. The number of nitrogens with two attached hydrogens (primary N) is 1. The molecule has 1 saturated carbocycles. The summed E-state index contributed by atoms with van der Waals surface area (Å²) in [5.74, 6) is 0. The van der Waals surface area contributed by atoms with Gasteiger partial charge in [0.1, 0.15) is 0 Å². The highest BCUT2D eigenvalue weighted by Gasteiger charge is 2.17. The first-order valence-corrected chi connectivity index (χ1v) is 9.01. The van der Waals surface area contributed by atoms with Gasteiger partial charge in [0.05, 0.1) is 11.7 Å². The third-order valence-electron chi connectivity index (χ3n) is 4.41. The summed E-state index contributed by atoms with van der Waals surface area (Å²) in [6, 6.07) is 7.35. The predicted molar refractivity (Wildman–Crippen MR) is 88.7 cm³/mol. The van der Waals surface area contributed by atoms with Gasteiger partial charge in [-0.25, -0.2) is 0 Å². The van der Waals surface area contributed by atoms with E-state index in [9.17, 15) is 0 Å². The molecule has 1 unspecified atom stereocenters. The predicted octanol–water partition coefficient (Wildman–Crippen LogP) is 3.95. The number of hydrogen-bond donors (Lipinski definition) is 1. The fourth-order valence-electron chi connectivity index (χ4n) is 3.22. The van der Waals surface area contributed by atoms with E-state index in [1.54, 1.807) is 0 Å². The molecular formula is C17H25N3S. The van der Waals surface area contributed by atoms with Crippen LogP contribution in [0.4, 0.5) is 0 Å². The van der Waals surface area contributed by atoms with Crippen molar-refractivity contribution in [2.45, 2.75) is 63.5 Å². The maximum atomic E-state index is 6.26. The van der Waals surface area contributed by atoms with Gasteiger partial charge in [-0.2, -0.15) is 5.10 Å². The third-order valence-corrected chi connectivity index (χ3v) is 5.35. The Kier molecular flexibility index (Phi) is 5.09. The minimum absolute atomic E-state index is 0.233. The van der Waals surface area contributed by atoms with E-state index >= 15 is 0 Å². The normalized spacial score (nSPS) is 17.4. The molecule has 2 aromatic rings. The average Bonchev–Trinajstić information content (AvgIpc) is 3.21. The van der Waals surface area contributed by atoms with Crippen LogP contribution in [0.2, 0.25) is 0 Å². The van der Waals surface area contributed by atoms with Crippen molar-refractivity contribution in [1.29, 1.82) is 0 Å². The second-order valence-electron chi connectivity index (χ2n) is 6.16. The van der Waals surface area contributed by atoms with Crippen molar-refractivity contribution in [3.63, 3.8) is 0 Å². The number of hydrogen-bond acceptors (Lipinski definition) is 3. The first-order valence-electron chi connectivity index (χ1n) is 8.13. The molecule has 0 bridgehead atoms. The van der Waals surface area contributed by atoms with Crippen molar-refractivity contribution in [2.24, 2.45) is 5.73 Å². The molecule has 2 N–H and O–H groups in total. The highest BCUT2D eigenvalue weighted by atomic mass is 32.1. The van der Waals surface area contributed by atoms with Crippen LogP contribution in [-0.2, 0) is 12.8 Å². The lowest BCUT2D eigenvalue weighted by molar-refractivity contribution is 0.459. The minimum atomic E-state index is 0.233. The first kappa shape index (κ1) is 14.8. The molecule has 0 radical (unpaired) electrons. The number of rotatable bonds is 7. The maximum absolute atomic E-state index is 6.26. The Bertz CT molecular complexity index is 526. The Labute approximate surface area is 131 Å². The fourth-order valence-corrected chi connectivity index (χ4v) is 3.97. The Morgan fingerprint density at radius 2 is 2.19 bits per heavy atom. The van der Waals surface area contributed by atoms with E-state index in [-0.39, 0.29) is 6.04 Å². The molecule has 21 heavy (non-hydrogen) atoms. The zero-order chi connectivity index (χ0) is 14.5. The van der Waals surface area contributed by atoms with Crippen molar-refractivity contribution in [3.8, 4) is 0 Å². The molecule has 1 aliphatic carbocycles. The van der Waals surface area contributed by atoms with Gasteiger partial charge in [0.15, 0.2) is 0 Å². The van der Waals surface area contributed by atoms with E-state index < -0.39 is 0 Å². The van der Waals surface area contributed by atoms with Crippen LogP contribution in [-0.4, -0.2) is 15.8 Å². The second kappa shape index (κ2) is 7.23. The van der Waals surface area contributed by atoms with Crippen molar-refractivity contribution in [2.75, 3.05) is 0 Å². The van der Waals surface area contributed by atoms with E-state index in [1.165, 1.54) is 37.0 Å². The van der Waals surface area contributed by atoms with E-state index in [2.05, 4.69) is 34.5 Å². The van der Waals surface area contributed by atoms with Crippen LogP contribution in [0.1, 0.15) is 55.1 Å². The Morgan fingerprint density at radius 3 is 2.95 bits per heavy atom. The average molecular weight is 303 g/mol. The standard InChI is InChI=1S/C17H25N3S/c18-14(5-3-8-17-9-4-12-21-17)13-15-10-11-20(19-15)16-6-1-2-7-16/h4,9-12,14,16H,1-3,5-8,13,18H2. The molecule has 0 amide bonds. The summed E-state index contributed by atoms with van der Waals surface area (Å²) in [5.41, 5.74) is 7.42. The van der Waals surface area contributed by atoms with Gasteiger partial charge < -0.3 is 5.73 Å². The zero-order valence-electron chi connectivity index (χ0n) is 12.6. The van der Waals surface area contributed by atoms with Crippen molar-refractivity contribution >= 4 is 11.3 Å². The molecule has 0 spiro atoms. The van der Waals surface area contributed by atoms with Crippen molar-refractivity contribution < 1.29 is 0 Å². The number of thiophene rings is 1. The molecule has 114 valence electrons. The Balaban J connectivity index is 1.42. The summed E-state index contributed by atoms with van der Waals surface area (Å²) in [7, 11) is 0. The van der Waals surface area contributed by atoms with Crippen LogP contribution in [0.5, 0.6) is 0 Å². The minimum Gasteiger partial charge on any atom is -0.327 e. The lowest BCUT2D eigenvalue weighted by Crippen LogP contribution is -2.23. The summed E-state index contributed by atoms with van der Waals surface area (Å²) < 4.78 is 2.17. The highest BCUT2D eigenvalue weighted by molar-refractivity contribution is 7.09. The summed E-state index contributed by atoms with van der Waals surface area (Å²) in [6.45, 7) is 0. The number of nitrogens with zero attached hydrogens (tertiary/aromatic N) is 2. The molecule has 0 aliphatic heterocycles.